The minimum atomic E-state index is -0.135. The predicted molar refractivity (Wildman–Crippen MR) is 137 cm³/mol. The van der Waals surface area contributed by atoms with Gasteiger partial charge in [0.2, 0.25) is 11.9 Å². The van der Waals surface area contributed by atoms with Gasteiger partial charge in [-0.2, -0.15) is 0 Å². The number of carbonyl (C=O) groups is 1. The molecule has 3 aromatic rings. The molecule has 1 aliphatic carbocycles. The highest BCUT2D eigenvalue weighted by Crippen LogP contribution is 2.33. The Morgan fingerprint density at radius 1 is 1.18 bits per heavy atom. The van der Waals surface area contributed by atoms with Gasteiger partial charge in [-0.25, -0.2) is 4.98 Å². The number of anilines is 1. The molecule has 2 fully saturated rings. The van der Waals surface area contributed by atoms with Gasteiger partial charge in [-0.3, -0.25) is 14.6 Å². The van der Waals surface area contributed by atoms with Crippen molar-refractivity contribution >= 4 is 33.4 Å². The summed E-state index contributed by atoms with van der Waals surface area (Å²) in [6.45, 7) is 1.35. The summed E-state index contributed by atoms with van der Waals surface area (Å²) in [5, 5.41) is 5.29. The van der Waals surface area contributed by atoms with E-state index in [1.165, 1.54) is 37.0 Å². The number of carbonyl (C=O) groups excluding carboxylic acids is 1. The smallest absolute Gasteiger partial charge is 0.270 e. The average molecular weight is 481 g/mol. The molecule has 2 aromatic heterocycles. The van der Waals surface area contributed by atoms with Crippen LogP contribution in [0.1, 0.15) is 51.4 Å². The second-order valence-corrected chi connectivity index (χ2v) is 10.3. The normalized spacial score (nSPS) is 19.7. The maximum atomic E-state index is 13.1. The Morgan fingerprint density at radius 2 is 2.00 bits per heavy atom. The largest absolute Gasteiger partial charge is 0.497 e. The van der Waals surface area contributed by atoms with Gasteiger partial charge in [0.15, 0.2) is 0 Å². The predicted octanol–water partition coefficient (Wildman–Crippen LogP) is 4.72. The monoisotopic (exact) mass is 480 g/mol. The minimum Gasteiger partial charge on any atom is -0.497 e. The number of aromatic nitrogens is 2. The number of amides is 1. The van der Waals surface area contributed by atoms with E-state index >= 15 is 0 Å². The zero-order chi connectivity index (χ0) is 23.5. The molecule has 2 N–H and O–H groups in total. The van der Waals surface area contributed by atoms with E-state index in [0.717, 1.165) is 49.1 Å². The van der Waals surface area contributed by atoms with E-state index < -0.39 is 0 Å². The van der Waals surface area contributed by atoms with Crippen molar-refractivity contribution in [3.8, 4) is 16.9 Å². The van der Waals surface area contributed by atoms with Crippen LogP contribution in [0.5, 0.6) is 5.75 Å². The van der Waals surface area contributed by atoms with E-state index in [-0.39, 0.29) is 17.4 Å². The number of fused-ring (bicyclic) bond motifs is 1. The number of ether oxygens (including phenoxy) is 1. The zero-order valence-electron chi connectivity index (χ0n) is 19.6. The van der Waals surface area contributed by atoms with Crippen LogP contribution in [-0.2, 0) is 4.79 Å². The average Bonchev–Trinajstić information content (AvgIpc) is 3.14. The van der Waals surface area contributed by atoms with Gasteiger partial charge in [0.05, 0.1) is 18.5 Å². The van der Waals surface area contributed by atoms with Crippen LogP contribution in [0.15, 0.2) is 34.4 Å². The van der Waals surface area contributed by atoms with E-state index in [2.05, 4.69) is 15.2 Å². The lowest BCUT2D eigenvalue weighted by Crippen LogP contribution is -2.46. The molecule has 1 saturated heterocycles. The molecule has 8 heteroatoms. The molecule has 0 unspecified atom stereocenters. The van der Waals surface area contributed by atoms with E-state index in [1.807, 2.05) is 29.6 Å². The highest BCUT2D eigenvalue weighted by molar-refractivity contribution is 7.17. The molecule has 0 bridgehead atoms. The zero-order valence-corrected chi connectivity index (χ0v) is 20.5. The quantitative estimate of drug-likeness (QED) is 0.516. The Bertz CT molecular complexity index is 1210. The standard InChI is InChI=1S/C26H32N4O3S/c1-33-20-12-6-8-17(14-20)21-16-34-23-22(21)28-26(29-25(23)32)30-13-7-9-18(15-30)24(31)27-19-10-4-2-3-5-11-19/h6,8,12,14,16,18-19H,2-5,7,9-11,13,15H2,1H3,(H,27,31)(H,28,29,32)/t18-/m1/s1. The lowest BCUT2D eigenvalue weighted by molar-refractivity contribution is -0.126. The molecule has 1 aliphatic heterocycles. The van der Waals surface area contributed by atoms with Crippen molar-refractivity contribution in [1.29, 1.82) is 0 Å². The molecule has 0 spiro atoms. The van der Waals surface area contributed by atoms with E-state index in [4.69, 9.17) is 9.72 Å². The molecule has 1 saturated carbocycles. The van der Waals surface area contributed by atoms with E-state index in [1.54, 1.807) is 7.11 Å². The molecule has 1 amide bonds. The second kappa shape index (κ2) is 10.2. The summed E-state index contributed by atoms with van der Waals surface area (Å²) in [5.41, 5.74) is 2.45. The number of aromatic amines is 1. The summed E-state index contributed by atoms with van der Waals surface area (Å²) in [4.78, 5) is 35.9. The Kier molecular flexibility index (Phi) is 6.85. The van der Waals surface area contributed by atoms with Crippen molar-refractivity contribution in [2.45, 2.75) is 57.4 Å². The third-order valence-corrected chi connectivity index (χ3v) is 8.06. The molecule has 1 aromatic carbocycles. The number of nitrogens with zero attached hydrogens (tertiary/aromatic N) is 2. The van der Waals surface area contributed by atoms with Gasteiger partial charge < -0.3 is 15.0 Å². The molecule has 0 radical (unpaired) electrons. The highest BCUT2D eigenvalue weighted by Gasteiger charge is 2.29. The van der Waals surface area contributed by atoms with Crippen LogP contribution in [0, 0.1) is 5.92 Å². The van der Waals surface area contributed by atoms with Gasteiger partial charge in [-0.1, -0.05) is 37.8 Å². The first-order valence-corrected chi connectivity index (χ1v) is 13.2. The number of piperidine rings is 1. The van der Waals surface area contributed by atoms with Crippen LogP contribution in [-0.4, -0.2) is 42.1 Å². The first-order chi connectivity index (χ1) is 16.6. The van der Waals surface area contributed by atoms with Crippen LogP contribution in [0.25, 0.3) is 21.3 Å². The summed E-state index contributed by atoms with van der Waals surface area (Å²) in [7, 11) is 1.64. The molecule has 2 aliphatic rings. The minimum absolute atomic E-state index is 0.0849. The Hall–Kier alpha value is -2.87. The van der Waals surface area contributed by atoms with Crippen LogP contribution in [0.3, 0.4) is 0 Å². The fraction of sp³-hybridized carbons (Fsp3) is 0.500. The van der Waals surface area contributed by atoms with Crippen molar-refractivity contribution in [2.24, 2.45) is 5.92 Å². The van der Waals surface area contributed by atoms with Crippen molar-refractivity contribution < 1.29 is 9.53 Å². The van der Waals surface area contributed by atoms with Crippen molar-refractivity contribution in [3.63, 3.8) is 0 Å². The maximum absolute atomic E-state index is 13.1. The molecule has 180 valence electrons. The van der Waals surface area contributed by atoms with Crippen molar-refractivity contribution in [1.82, 2.24) is 15.3 Å². The van der Waals surface area contributed by atoms with Gasteiger partial charge in [0.25, 0.3) is 5.56 Å². The summed E-state index contributed by atoms with van der Waals surface area (Å²) < 4.78 is 5.98. The Morgan fingerprint density at radius 3 is 2.79 bits per heavy atom. The fourth-order valence-electron chi connectivity index (χ4n) is 5.19. The number of hydrogen-bond donors (Lipinski definition) is 2. The van der Waals surface area contributed by atoms with Crippen LogP contribution >= 0.6 is 11.3 Å². The molecule has 1 atom stereocenters. The Labute approximate surface area is 203 Å². The van der Waals surface area contributed by atoms with E-state index in [9.17, 15) is 9.59 Å². The Balaban J connectivity index is 1.38. The molecule has 34 heavy (non-hydrogen) atoms. The lowest BCUT2D eigenvalue weighted by atomic mass is 9.96. The molecule has 7 nitrogen and oxygen atoms in total. The number of rotatable bonds is 5. The molecular formula is C26H32N4O3S. The second-order valence-electron chi connectivity index (χ2n) is 9.43. The van der Waals surface area contributed by atoms with Crippen LogP contribution in [0.2, 0.25) is 0 Å². The highest BCUT2D eigenvalue weighted by atomic mass is 32.1. The van der Waals surface area contributed by atoms with E-state index in [0.29, 0.717) is 28.8 Å². The van der Waals surface area contributed by atoms with Crippen molar-refractivity contribution in [3.05, 3.63) is 40.0 Å². The summed E-state index contributed by atoms with van der Waals surface area (Å²) in [5.74, 6) is 1.37. The first kappa shape index (κ1) is 22.9. The summed E-state index contributed by atoms with van der Waals surface area (Å²) in [6.07, 6.45) is 8.87. The van der Waals surface area contributed by atoms with Gasteiger partial charge in [-0.15, -0.1) is 11.3 Å². The third kappa shape index (κ3) is 4.82. The van der Waals surface area contributed by atoms with Crippen LogP contribution in [0.4, 0.5) is 5.95 Å². The molecule has 3 heterocycles. The topological polar surface area (TPSA) is 87.3 Å². The third-order valence-electron chi connectivity index (χ3n) is 7.09. The van der Waals surface area contributed by atoms with Crippen LogP contribution < -0.4 is 20.5 Å². The summed E-state index contributed by atoms with van der Waals surface area (Å²) >= 11 is 1.40. The number of H-pyrrole nitrogens is 1. The van der Waals surface area contributed by atoms with Gasteiger partial charge in [0, 0.05) is 30.1 Å². The number of hydrogen-bond acceptors (Lipinski definition) is 6. The first-order valence-electron chi connectivity index (χ1n) is 12.3. The van der Waals surface area contributed by atoms with Gasteiger partial charge >= 0.3 is 0 Å². The van der Waals surface area contributed by atoms with Crippen molar-refractivity contribution in [2.75, 3.05) is 25.1 Å². The molecular weight excluding hydrogens is 448 g/mol. The number of thiophene rings is 1. The lowest BCUT2D eigenvalue weighted by Gasteiger charge is -2.33. The SMILES string of the molecule is COc1cccc(-c2csc3c(=O)[nH]c(N4CCC[C@@H](C(=O)NC5CCCCCC5)C4)nc23)c1. The number of benzene rings is 1. The number of methoxy groups -OCH3 is 1. The molecule has 5 rings (SSSR count). The van der Waals surface area contributed by atoms with Gasteiger partial charge in [-0.05, 0) is 43.4 Å². The fourth-order valence-corrected chi connectivity index (χ4v) is 6.10. The number of nitrogens with one attached hydrogen (secondary N) is 2. The summed E-state index contributed by atoms with van der Waals surface area (Å²) in [6, 6.07) is 8.10. The maximum Gasteiger partial charge on any atom is 0.270 e. The van der Waals surface area contributed by atoms with Gasteiger partial charge in [0.1, 0.15) is 10.4 Å².